The highest BCUT2D eigenvalue weighted by Gasteiger charge is 2.45. The van der Waals surface area contributed by atoms with Gasteiger partial charge in [0, 0.05) is 27.6 Å². The van der Waals surface area contributed by atoms with Crippen LogP contribution in [0.25, 0.3) is 0 Å². The molecule has 178 valence electrons. The third-order valence-corrected chi connectivity index (χ3v) is 9.77. The summed E-state index contributed by atoms with van der Waals surface area (Å²) in [6, 6.07) is 22.3. The Morgan fingerprint density at radius 1 is 0.941 bits per heavy atom. The van der Waals surface area contributed by atoms with Gasteiger partial charge in [0.2, 0.25) is 10.0 Å². The number of sulfonamides is 1. The second kappa shape index (κ2) is 10.7. The fraction of sp³-hybridized carbons (Fsp3) is 0.240. The molecule has 3 aromatic rings. The Bertz CT molecular complexity index is 1240. The lowest BCUT2D eigenvalue weighted by Crippen LogP contribution is -2.49. The summed E-state index contributed by atoms with van der Waals surface area (Å²) in [5.74, 6) is -1.21. The van der Waals surface area contributed by atoms with Crippen LogP contribution in [0.5, 0.6) is 0 Å². The van der Waals surface area contributed by atoms with Crippen LogP contribution in [0, 0.1) is 5.92 Å². The predicted molar refractivity (Wildman–Crippen MR) is 137 cm³/mol. The van der Waals surface area contributed by atoms with E-state index in [1.807, 2.05) is 30.3 Å². The standard InChI is InChI=1S/C25H23Cl2NO4S2/c26-19-8-6-18(7-9-19)23-14-24(33-16-17-4-2-1-3-5-17)22(25(29)30)15-28(23)34(31,32)21-12-10-20(27)11-13-21/h1-13,22-24H,14-16H2,(H,29,30)/t22-,23+,24-/m1/s1. The highest BCUT2D eigenvalue weighted by atomic mass is 35.5. The van der Waals surface area contributed by atoms with Crippen LogP contribution < -0.4 is 0 Å². The van der Waals surface area contributed by atoms with Crippen molar-refractivity contribution in [2.75, 3.05) is 6.54 Å². The Morgan fingerprint density at radius 2 is 1.53 bits per heavy atom. The number of carboxylic acid groups (broad SMARTS) is 1. The van der Waals surface area contributed by atoms with E-state index < -0.39 is 28.0 Å². The zero-order valence-corrected chi connectivity index (χ0v) is 21.2. The molecular formula is C25H23Cl2NO4S2. The van der Waals surface area contributed by atoms with Gasteiger partial charge < -0.3 is 5.11 Å². The molecule has 0 bridgehead atoms. The monoisotopic (exact) mass is 535 g/mol. The first-order valence-corrected chi connectivity index (χ1v) is 13.9. The molecule has 0 aliphatic carbocycles. The summed E-state index contributed by atoms with van der Waals surface area (Å²) in [6.45, 7) is -0.125. The number of benzene rings is 3. The second-order valence-corrected chi connectivity index (χ2v) is 12.1. The molecule has 1 aliphatic rings. The number of halogens is 2. The number of nitrogens with zero attached hydrogens (tertiary/aromatic N) is 1. The van der Waals surface area contributed by atoms with E-state index in [4.69, 9.17) is 23.2 Å². The van der Waals surface area contributed by atoms with Crippen LogP contribution in [0.3, 0.4) is 0 Å². The molecule has 5 nitrogen and oxygen atoms in total. The SMILES string of the molecule is O=C(O)[C@@H]1CN(S(=O)(=O)c2ccc(Cl)cc2)[C@H](c2ccc(Cl)cc2)C[C@H]1SCc1ccccc1. The molecule has 34 heavy (non-hydrogen) atoms. The van der Waals surface area contributed by atoms with Crippen molar-refractivity contribution in [1.82, 2.24) is 4.31 Å². The van der Waals surface area contributed by atoms with Gasteiger partial charge in [0.05, 0.1) is 16.9 Å². The van der Waals surface area contributed by atoms with E-state index in [2.05, 4.69) is 0 Å². The van der Waals surface area contributed by atoms with Crippen LogP contribution in [-0.2, 0) is 20.6 Å². The number of hydrogen-bond donors (Lipinski definition) is 1. The van der Waals surface area contributed by atoms with Gasteiger partial charge in [0.1, 0.15) is 0 Å². The highest BCUT2D eigenvalue weighted by Crippen LogP contribution is 2.43. The summed E-state index contributed by atoms with van der Waals surface area (Å²) in [7, 11) is -3.97. The molecule has 0 aromatic heterocycles. The van der Waals surface area contributed by atoms with E-state index >= 15 is 0 Å². The van der Waals surface area contributed by atoms with Gasteiger partial charge in [0.15, 0.2) is 0 Å². The minimum atomic E-state index is -3.97. The maximum Gasteiger partial charge on any atom is 0.308 e. The Labute approximate surface area is 213 Å². The Balaban J connectivity index is 1.70. The highest BCUT2D eigenvalue weighted by molar-refractivity contribution is 7.99. The minimum absolute atomic E-state index is 0.0791. The first-order valence-electron chi connectivity index (χ1n) is 10.7. The molecule has 1 N–H and O–H groups in total. The molecule has 1 aliphatic heterocycles. The largest absolute Gasteiger partial charge is 0.481 e. The molecule has 3 aromatic carbocycles. The van der Waals surface area contributed by atoms with Gasteiger partial charge in [-0.15, -0.1) is 0 Å². The Morgan fingerprint density at radius 3 is 2.12 bits per heavy atom. The summed E-state index contributed by atoms with van der Waals surface area (Å²) < 4.78 is 28.6. The van der Waals surface area contributed by atoms with Crippen LogP contribution in [0.4, 0.5) is 0 Å². The van der Waals surface area contributed by atoms with E-state index in [1.54, 1.807) is 36.0 Å². The molecule has 0 radical (unpaired) electrons. The maximum absolute atomic E-state index is 13.7. The first-order chi connectivity index (χ1) is 16.3. The summed E-state index contributed by atoms with van der Waals surface area (Å²) in [5, 5.41) is 10.7. The fourth-order valence-electron chi connectivity index (χ4n) is 4.13. The van der Waals surface area contributed by atoms with Crippen molar-refractivity contribution in [3.8, 4) is 0 Å². The topological polar surface area (TPSA) is 74.7 Å². The van der Waals surface area contributed by atoms with Crippen LogP contribution in [0.1, 0.15) is 23.6 Å². The van der Waals surface area contributed by atoms with Gasteiger partial charge in [-0.3, -0.25) is 4.79 Å². The summed E-state index contributed by atoms with van der Waals surface area (Å²) in [6.07, 6.45) is 0.364. The van der Waals surface area contributed by atoms with Crippen molar-refractivity contribution >= 4 is 51.0 Å². The van der Waals surface area contributed by atoms with Gasteiger partial charge in [-0.2, -0.15) is 16.1 Å². The van der Waals surface area contributed by atoms with Gasteiger partial charge in [-0.1, -0.05) is 65.7 Å². The van der Waals surface area contributed by atoms with E-state index in [1.165, 1.54) is 28.6 Å². The van der Waals surface area contributed by atoms with Crippen molar-refractivity contribution in [3.05, 3.63) is 100 Å². The Hall–Kier alpha value is -2.03. The van der Waals surface area contributed by atoms with E-state index in [0.717, 1.165) is 11.1 Å². The predicted octanol–water partition coefficient (Wildman–Crippen LogP) is 6.13. The number of carboxylic acids is 1. The average Bonchev–Trinajstić information content (AvgIpc) is 2.83. The van der Waals surface area contributed by atoms with Crippen LogP contribution in [0.15, 0.2) is 83.8 Å². The van der Waals surface area contributed by atoms with Gasteiger partial charge >= 0.3 is 5.97 Å². The van der Waals surface area contributed by atoms with Crippen molar-refractivity contribution in [1.29, 1.82) is 0 Å². The lowest BCUT2D eigenvalue weighted by atomic mass is 9.90. The van der Waals surface area contributed by atoms with Crippen LogP contribution in [-0.4, -0.2) is 35.6 Å². The van der Waals surface area contributed by atoms with Crippen molar-refractivity contribution in [2.24, 2.45) is 5.92 Å². The molecule has 1 fully saturated rings. The molecule has 0 spiro atoms. The quantitative estimate of drug-likeness (QED) is 0.393. The first kappa shape index (κ1) is 25.1. The van der Waals surface area contributed by atoms with E-state index in [0.29, 0.717) is 22.2 Å². The fourth-order valence-corrected chi connectivity index (χ4v) is 7.39. The zero-order valence-electron chi connectivity index (χ0n) is 18.1. The molecule has 4 rings (SSSR count). The number of piperidine rings is 1. The van der Waals surface area contributed by atoms with Crippen molar-refractivity contribution in [2.45, 2.75) is 28.4 Å². The molecule has 0 saturated carbocycles. The number of carbonyl (C=O) groups is 1. The number of thioether (sulfide) groups is 1. The maximum atomic E-state index is 13.7. The molecular weight excluding hydrogens is 513 g/mol. The lowest BCUT2D eigenvalue weighted by Gasteiger charge is -2.41. The molecule has 9 heteroatoms. The summed E-state index contributed by atoms with van der Waals surface area (Å²) >= 11 is 13.6. The van der Waals surface area contributed by atoms with Crippen molar-refractivity contribution < 1.29 is 18.3 Å². The van der Waals surface area contributed by atoms with Crippen LogP contribution in [0.2, 0.25) is 10.0 Å². The third kappa shape index (κ3) is 5.61. The second-order valence-electron chi connectivity index (χ2n) is 8.11. The number of hydrogen-bond acceptors (Lipinski definition) is 4. The third-order valence-electron chi connectivity index (χ3n) is 5.93. The van der Waals surface area contributed by atoms with Gasteiger partial charge in [0.25, 0.3) is 0 Å². The normalized spacial score (nSPS) is 21.3. The van der Waals surface area contributed by atoms with Gasteiger partial charge in [-0.25, -0.2) is 8.42 Å². The molecule has 1 heterocycles. The zero-order chi connectivity index (χ0) is 24.3. The van der Waals surface area contributed by atoms with Crippen molar-refractivity contribution in [3.63, 3.8) is 0 Å². The van der Waals surface area contributed by atoms with Gasteiger partial charge in [-0.05, 0) is 53.9 Å². The number of rotatable bonds is 7. The summed E-state index contributed by atoms with van der Waals surface area (Å²) in [4.78, 5) is 12.3. The molecule has 0 amide bonds. The lowest BCUT2D eigenvalue weighted by molar-refractivity contribution is -0.143. The number of aliphatic carboxylic acids is 1. The van der Waals surface area contributed by atoms with E-state index in [9.17, 15) is 18.3 Å². The molecule has 0 unspecified atom stereocenters. The minimum Gasteiger partial charge on any atom is -0.481 e. The summed E-state index contributed by atoms with van der Waals surface area (Å²) in [5.41, 5.74) is 1.87. The molecule has 3 atom stereocenters. The Kier molecular flexibility index (Phi) is 7.90. The molecule has 1 saturated heterocycles. The smallest absolute Gasteiger partial charge is 0.308 e. The van der Waals surface area contributed by atoms with Crippen LogP contribution >= 0.6 is 35.0 Å². The van der Waals surface area contributed by atoms with E-state index in [-0.39, 0.29) is 16.7 Å². The average molecular weight is 537 g/mol.